The molecule has 0 unspecified atom stereocenters. The van der Waals surface area contributed by atoms with E-state index in [1.807, 2.05) is 0 Å². The zero-order valence-corrected chi connectivity index (χ0v) is 7.49. The molecule has 6 heteroatoms. The van der Waals surface area contributed by atoms with Gasteiger partial charge >= 0.3 is 0 Å². The lowest BCUT2D eigenvalue weighted by atomic mass is 10.1. The number of imidazole rings is 1. The van der Waals surface area contributed by atoms with E-state index in [9.17, 15) is 9.59 Å². The highest BCUT2D eigenvalue weighted by Crippen LogP contribution is 1.95. The van der Waals surface area contributed by atoms with Crippen LogP contribution >= 0.6 is 0 Å². The summed E-state index contributed by atoms with van der Waals surface area (Å²) in [6.07, 6.45) is 5.03. The minimum absolute atomic E-state index is 0.129. The van der Waals surface area contributed by atoms with Gasteiger partial charge in [0, 0.05) is 18.3 Å². The second-order valence-corrected chi connectivity index (χ2v) is 2.75. The van der Waals surface area contributed by atoms with Gasteiger partial charge < -0.3 is 16.0 Å². The molecular formula is C8H11N4O2. The number of aromatic nitrogens is 2. The van der Waals surface area contributed by atoms with E-state index in [1.54, 1.807) is 12.5 Å². The molecule has 1 amide bonds. The molecule has 1 radical (unpaired) electrons. The molecule has 0 saturated heterocycles. The van der Waals surface area contributed by atoms with Crippen molar-refractivity contribution in [3.63, 3.8) is 0 Å². The third-order valence-electron chi connectivity index (χ3n) is 1.67. The number of nitrogens with one attached hydrogen (secondary N) is 2. The Bertz CT molecular complexity index is 296. The van der Waals surface area contributed by atoms with Gasteiger partial charge in [0.15, 0.2) is 0 Å². The second kappa shape index (κ2) is 5.13. The van der Waals surface area contributed by atoms with Crippen molar-refractivity contribution in [2.45, 2.75) is 12.5 Å². The molecular weight excluding hydrogens is 184 g/mol. The molecule has 14 heavy (non-hydrogen) atoms. The summed E-state index contributed by atoms with van der Waals surface area (Å²) >= 11 is 0. The van der Waals surface area contributed by atoms with Gasteiger partial charge in [-0.05, 0) is 0 Å². The maximum absolute atomic E-state index is 11.2. The van der Waals surface area contributed by atoms with Crippen LogP contribution in [0.1, 0.15) is 5.69 Å². The summed E-state index contributed by atoms with van der Waals surface area (Å²) < 4.78 is 0. The van der Waals surface area contributed by atoms with E-state index >= 15 is 0 Å². The Hall–Kier alpha value is -1.69. The highest BCUT2D eigenvalue weighted by molar-refractivity contribution is 5.83. The van der Waals surface area contributed by atoms with Crippen LogP contribution < -0.4 is 11.1 Å². The van der Waals surface area contributed by atoms with Crippen molar-refractivity contribution in [2.75, 3.05) is 6.54 Å². The molecule has 75 valence electrons. The van der Waals surface area contributed by atoms with Crippen LogP contribution in [-0.2, 0) is 16.0 Å². The zero-order valence-electron chi connectivity index (χ0n) is 7.49. The molecule has 0 saturated carbocycles. The first kappa shape index (κ1) is 10.4. The van der Waals surface area contributed by atoms with Crippen molar-refractivity contribution in [1.29, 1.82) is 0 Å². The first-order valence-corrected chi connectivity index (χ1v) is 4.09. The van der Waals surface area contributed by atoms with Crippen molar-refractivity contribution in [2.24, 2.45) is 5.73 Å². The molecule has 4 N–H and O–H groups in total. The molecule has 6 nitrogen and oxygen atoms in total. The number of carbonyl (C=O) groups is 1. The highest BCUT2D eigenvalue weighted by atomic mass is 16.2. The van der Waals surface area contributed by atoms with Crippen molar-refractivity contribution in [3.05, 3.63) is 18.2 Å². The van der Waals surface area contributed by atoms with Crippen LogP contribution in [-0.4, -0.2) is 34.7 Å². The fourth-order valence-electron chi connectivity index (χ4n) is 0.980. The Kier molecular flexibility index (Phi) is 3.81. The first-order chi connectivity index (χ1) is 6.74. The fourth-order valence-corrected chi connectivity index (χ4v) is 0.980. The molecule has 0 spiro atoms. The SMILES string of the molecule is N[C@@H](Cc1cnc[nH]1)C(=O)NC[C]=O. The summed E-state index contributed by atoms with van der Waals surface area (Å²) in [7, 11) is 0. The Morgan fingerprint density at radius 1 is 1.79 bits per heavy atom. The first-order valence-electron chi connectivity index (χ1n) is 4.09. The highest BCUT2D eigenvalue weighted by Gasteiger charge is 2.13. The predicted molar refractivity (Wildman–Crippen MR) is 49.0 cm³/mol. The van der Waals surface area contributed by atoms with Crippen molar-refractivity contribution in [1.82, 2.24) is 15.3 Å². The van der Waals surface area contributed by atoms with Crippen LogP contribution in [0.5, 0.6) is 0 Å². The lowest BCUT2D eigenvalue weighted by Gasteiger charge is -2.08. The van der Waals surface area contributed by atoms with Gasteiger partial charge in [0.1, 0.15) is 0 Å². The molecule has 1 rings (SSSR count). The zero-order chi connectivity index (χ0) is 10.4. The molecule has 0 aromatic carbocycles. The van der Waals surface area contributed by atoms with Crippen molar-refractivity contribution in [3.8, 4) is 0 Å². The summed E-state index contributed by atoms with van der Waals surface area (Å²) in [5.74, 6) is -0.372. The maximum Gasteiger partial charge on any atom is 0.237 e. The van der Waals surface area contributed by atoms with Gasteiger partial charge in [0.2, 0.25) is 12.2 Å². The summed E-state index contributed by atoms with van der Waals surface area (Å²) in [4.78, 5) is 27.7. The van der Waals surface area contributed by atoms with Gasteiger partial charge in [-0.25, -0.2) is 4.98 Å². The normalized spacial score (nSPS) is 12.1. The summed E-state index contributed by atoms with van der Waals surface area (Å²) in [6.45, 7) is -0.129. The van der Waals surface area contributed by atoms with Gasteiger partial charge in [-0.3, -0.25) is 9.59 Å². The van der Waals surface area contributed by atoms with Gasteiger partial charge in [0.05, 0.1) is 18.9 Å². The molecule has 0 aliphatic heterocycles. The fraction of sp³-hybridized carbons (Fsp3) is 0.375. The molecule has 1 heterocycles. The lowest BCUT2D eigenvalue weighted by molar-refractivity contribution is -0.122. The summed E-state index contributed by atoms with van der Waals surface area (Å²) in [5, 5.41) is 2.32. The number of nitrogens with two attached hydrogens (primary N) is 1. The van der Waals surface area contributed by atoms with Crippen LogP contribution in [0.3, 0.4) is 0 Å². The van der Waals surface area contributed by atoms with Gasteiger partial charge in [0.25, 0.3) is 0 Å². The third-order valence-corrected chi connectivity index (χ3v) is 1.67. The smallest absolute Gasteiger partial charge is 0.237 e. The Morgan fingerprint density at radius 3 is 3.14 bits per heavy atom. The molecule has 1 aromatic rings. The van der Waals surface area contributed by atoms with E-state index in [2.05, 4.69) is 15.3 Å². The van der Waals surface area contributed by atoms with E-state index in [-0.39, 0.29) is 12.5 Å². The van der Waals surface area contributed by atoms with Crippen LogP contribution in [0.4, 0.5) is 0 Å². The maximum atomic E-state index is 11.2. The Balaban J connectivity index is 2.37. The number of hydrogen-bond acceptors (Lipinski definition) is 4. The minimum Gasteiger partial charge on any atom is -0.348 e. The standard InChI is InChI=1S/C8H11N4O2/c9-7(8(14)11-1-2-13)3-6-4-10-5-12-6/h4-5,7H,1,3,9H2,(H,10,12)(H,11,14)/t7-/m0/s1. The monoisotopic (exact) mass is 195 g/mol. The minimum atomic E-state index is -0.677. The second-order valence-electron chi connectivity index (χ2n) is 2.75. The molecule has 0 bridgehead atoms. The van der Waals surface area contributed by atoms with Crippen LogP contribution in [0.15, 0.2) is 12.5 Å². The van der Waals surface area contributed by atoms with E-state index in [0.717, 1.165) is 5.69 Å². The molecule has 1 atom stereocenters. The largest absolute Gasteiger partial charge is 0.348 e. The van der Waals surface area contributed by atoms with Gasteiger partial charge in [-0.15, -0.1) is 0 Å². The average Bonchev–Trinajstić information content (AvgIpc) is 2.66. The van der Waals surface area contributed by atoms with Crippen molar-refractivity contribution >= 4 is 12.2 Å². The number of nitrogens with zero attached hydrogens (tertiary/aromatic N) is 1. The van der Waals surface area contributed by atoms with E-state index < -0.39 is 6.04 Å². The Morgan fingerprint density at radius 2 is 2.57 bits per heavy atom. The summed E-state index contributed by atoms with van der Waals surface area (Å²) in [5.41, 5.74) is 6.34. The molecule has 0 fully saturated rings. The Labute approximate surface area is 80.9 Å². The number of hydrogen-bond donors (Lipinski definition) is 3. The van der Waals surface area contributed by atoms with E-state index in [0.29, 0.717) is 6.42 Å². The molecule has 0 aliphatic carbocycles. The van der Waals surface area contributed by atoms with Crippen molar-refractivity contribution < 1.29 is 9.59 Å². The molecule has 0 aliphatic rings. The number of rotatable bonds is 5. The van der Waals surface area contributed by atoms with Crippen LogP contribution in [0, 0.1) is 0 Å². The number of aromatic amines is 1. The predicted octanol–water partition coefficient (Wildman–Crippen LogP) is -1.49. The third kappa shape index (κ3) is 2.98. The molecule has 1 aromatic heterocycles. The average molecular weight is 195 g/mol. The number of amides is 1. The van der Waals surface area contributed by atoms with Crippen LogP contribution in [0.25, 0.3) is 0 Å². The van der Waals surface area contributed by atoms with E-state index in [1.165, 1.54) is 6.33 Å². The van der Waals surface area contributed by atoms with Gasteiger partial charge in [-0.1, -0.05) is 0 Å². The van der Waals surface area contributed by atoms with Gasteiger partial charge in [-0.2, -0.15) is 0 Å². The number of carbonyl (C=O) groups excluding carboxylic acids is 2. The van der Waals surface area contributed by atoms with Crippen LogP contribution in [0.2, 0.25) is 0 Å². The topological polar surface area (TPSA) is 101 Å². The lowest BCUT2D eigenvalue weighted by Crippen LogP contribution is -2.42. The summed E-state index contributed by atoms with van der Waals surface area (Å²) in [6, 6.07) is -0.677. The quantitative estimate of drug-likeness (QED) is 0.532. The number of H-pyrrole nitrogens is 1. The van der Waals surface area contributed by atoms with E-state index in [4.69, 9.17) is 5.73 Å².